The van der Waals surface area contributed by atoms with E-state index in [1.165, 1.54) is 0 Å². The van der Waals surface area contributed by atoms with E-state index < -0.39 is 6.03 Å². The average Bonchev–Trinajstić information content (AvgIpc) is 2.21. The molecule has 0 aliphatic heterocycles. The topological polar surface area (TPSA) is 52.6 Å². The van der Waals surface area contributed by atoms with Gasteiger partial charge in [-0.2, -0.15) is 0 Å². The molecule has 2 amide bonds. The van der Waals surface area contributed by atoms with Crippen molar-refractivity contribution >= 4 is 11.7 Å². The van der Waals surface area contributed by atoms with Gasteiger partial charge in [0.25, 0.3) is 0 Å². The van der Waals surface area contributed by atoms with E-state index in [-0.39, 0.29) is 0 Å². The SMILES string of the molecule is CCCN(O)C(=O)Nc1ccccc1C. The number of carbonyl (C=O) groups is 1. The van der Waals surface area contributed by atoms with Crippen molar-refractivity contribution in [2.45, 2.75) is 20.3 Å². The van der Waals surface area contributed by atoms with E-state index in [1.54, 1.807) is 6.07 Å². The predicted molar refractivity (Wildman–Crippen MR) is 59.0 cm³/mol. The van der Waals surface area contributed by atoms with Gasteiger partial charge in [-0.25, -0.2) is 9.86 Å². The smallest absolute Gasteiger partial charge is 0.306 e. The highest BCUT2D eigenvalue weighted by Gasteiger charge is 2.09. The van der Waals surface area contributed by atoms with Gasteiger partial charge < -0.3 is 5.32 Å². The molecule has 0 saturated carbocycles. The van der Waals surface area contributed by atoms with Gasteiger partial charge in [0.15, 0.2) is 0 Å². The van der Waals surface area contributed by atoms with E-state index in [1.807, 2.05) is 32.0 Å². The van der Waals surface area contributed by atoms with Gasteiger partial charge in [-0.3, -0.25) is 5.21 Å². The van der Waals surface area contributed by atoms with E-state index in [9.17, 15) is 10.0 Å². The molecule has 4 nitrogen and oxygen atoms in total. The Morgan fingerprint density at radius 1 is 1.47 bits per heavy atom. The van der Waals surface area contributed by atoms with Crippen molar-refractivity contribution < 1.29 is 10.0 Å². The molecule has 0 aliphatic rings. The summed E-state index contributed by atoms with van der Waals surface area (Å²) >= 11 is 0. The number of hydrogen-bond donors (Lipinski definition) is 2. The minimum Gasteiger partial charge on any atom is -0.306 e. The molecule has 1 aromatic rings. The van der Waals surface area contributed by atoms with Crippen molar-refractivity contribution in [2.75, 3.05) is 11.9 Å². The Hall–Kier alpha value is -1.55. The largest absolute Gasteiger partial charge is 0.345 e. The molecule has 1 rings (SSSR count). The van der Waals surface area contributed by atoms with Gasteiger partial charge in [-0.05, 0) is 25.0 Å². The van der Waals surface area contributed by atoms with E-state index in [4.69, 9.17) is 0 Å². The summed E-state index contributed by atoms with van der Waals surface area (Å²) in [7, 11) is 0. The molecule has 0 aromatic heterocycles. The van der Waals surface area contributed by atoms with Gasteiger partial charge in [0, 0.05) is 12.2 Å². The molecule has 0 spiro atoms. The van der Waals surface area contributed by atoms with Crippen LogP contribution in [-0.4, -0.2) is 22.8 Å². The highest BCUT2D eigenvalue weighted by molar-refractivity contribution is 5.89. The Bertz CT molecular complexity index is 339. The minimum atomic E-state index is -0.494. The fraction of sp³-hybridized carbons (Fsp3) is 0.364. The van der Waals surface area contributed by atoms with Gasteiger partial charge in [0.05, 0.1) is 0 Å². The lowest BCUT2D eigenvalue weighted by molar-refractivity contribution is -0.0369. The number of rotatable bonds is 3. The molecule has 0 bridgehead atoms. The van der Waals surface area contributed by atoms with Crippen LogP contribution in [0.15, 0.2) is 24.3 Å². The van der Waals surface area contributed by atoms with E-state index >= 15 is 0 Å². The van der Waals surface area contributed by atoms with Crippen LogP contribution in [0.4, 0.5) is 10.5 Å². The summed E-state index contributed by atoms with van der Waals surface area (Å²) in [6.45, 7) is 4.12. The molecule has 1 aromatic carbocycles. The van der Waals surface area contributed by atoms with E-state index in [0.29, 0.717) is 11.6 Å². The second kappa shape index (κ2) is 5.36. The van der Waals surface area contributed by atoms with Crippen molar-refractivity contribution in [3.05, 3.63) is 29.8 Å². The van der Waals surface area contributed by atoms with Crippen LogP contribution in [0.1, 0.15) is 18.9 Å². The zero-order valence-corrected chi connectivity index (χ0v) is 9.03. The maximum atomic E-state index is 11.4. The highest BCUT2D eigenvalue weighted by atomic mass is 16.5. The molecular weight excluding hydrogens is 192 g/mol. The number of amides is 2. The molecule has 0 saturated heterocycles. The zero-order valence-electron chi connectivity index (χ0n) is 9.03. The number of benzene rings is 1. The number of aryl methyl sites for hydroxylation is 1. The van der Waals surface area contributed by atoms with Crippen molar-refractivity contribution in [3.63, 3.8) is 0 Å². The Labute approximate surface area is 89.5 Å². The molecule has 4 heteroatoms. The normalized spacial score (nSPS) is 9.80. The number of hydroxylamine groups is 2. The van der Waals surface area contributed by atoms with E-state index in [2.05, 4.69) is 5.32 Å². The average molecular weight is 208 g/mol. The summed E-state index contributed by atoms with van der Waals surface area (Å²) in [4.78, 5) is 11.4. The monoisotopic (exact) mass is 208 g/mol. The maximum Gasteiger partial charge on any atom is 0.345 e. The molecule has 0 heterocycles. The molecule has 15 heavy (non-hydrogen) atoms. The predicted octanol–water partition coefficient (Wildman–Crippen LogP) is 2.63. The minimum absolute atomic E-state index is 0.331. The lowest BCUT2D eigenvalue weighted by Gasteiger charge is -2.15. The van der Waals surface area contributed by atoms with Crippen LogP contribution in [0.25, 0.3) is 0 Å². The molecule has 0 aliphatic carbocycles. The quantitative estimate of drug-likeness (QED) is 0.592. The van der Waals surface area contributed by atoms with Crippen molar-refractivity contribution in [1.82, 2.24) is 5.06 Å². The van der Waals surface area contributed by atoms with Crippen LogP contribution in [0.3, 0.4) is 0 Å². The number of urea groups is 1. The molecule has 82 valence electrons. The summed E-state index contributed by atoms with van der Waals surface area (Å²) in [5.41, 5.74) is 1.69. The second-order valence-electron chi connectivity index (χ2n) is 3.37. The number of anilines is 1. The van der Waals surface area contributed by atoms with Crippen LogP contribution in [0.2, 0.25) is 0 Å². The lowest BCUT2D eigenvalue weighted by atomic mass is 10.2. The van der Waals surface area contributed by atoms with Crippen LogP contribution in [0, 0.1) is 6.92 Å². The molecule has 0 fully saturated rings. The second-order valence-corrected chi connectivity index (χ2v) is 3.37. The van der Waals surface area contributed by atoms with Crippen LogP contribution in [-0.2, 0) is 0 Å². The summed E-state index contributed by atoms with van der Waals surface area (Å²) in [6.07, 6.45) is 0.720. The third kappa shape index (κ3) is 3.25. The Morgan fingerprint density at radius 2 is 2.13 bits per heavy atom. The van der Waals surface area contributed by atoms with E-state index in [0.717, 1.165) is 17.7 Å². The number of nitrogens with zero attached hydrogens (tertiary/aromatic N) is 1. The molecule has 0 unspecified atom stereocenters. The molecular formula is C11H16N2O2. The number of nitrogens with one attached hydrogen (secondary N) is 1. The zero-order chi connectivity index (χ0) is 11.3. The molecule has 2 N–H and O–H groups in total. The van der Waals surface area contributed by atoms with Gasteiger partial charge in [0.2, 0.25) is 0 Å². The van der Waals surface area contributed by atoms with Crippen molar-refractivity contribution in [1.29, 1.82) is 0 Å². The van der Waals surface area contributed by atoms with Crippen LogP contribution < -0.4 is 5.32 Å². The number of para-hydroxylation sites is 1. The maximum absolute atomic E-state index is 11.4. The number of carbonyl (C=O) groups excluding carboxylic acids is 1. The summed E-state index contributed by atoms with van der Waals surface area (Å²) in [5, 5.41) is 12.6. The highest BCUT2D eigenvalue weighted by Crippen LogP contribution is 2.13. The summed E-state index contributed by atoms with van der Waals surface area (Å²) in [6, 6.07) is 6.94. The Morgan fingerprint density at radius 3 is 2.73 bits per heavy atom. The first kappa shape index (κ1) is 11.5. The van der Waals surface area contributed by atoms with Crippen molar-refractivity contribution in [2.24, 2.45) is 0 Å². The van der Waals surface area contributed by atoms with Gasteiger partial charge in [-0.15, -0.1) is 0 Å². The lowest BCUT2D eigenvalue weighted by Crippen LogP contribution is -2.32. The summed E-state index contributed by atoms with van der Waals surface area (Å²) < 4.78 is 0. The summed E-state index contributed by atoms with van der Waals surface area (Å²) in [5.74, 6) is 0. The third-order valence-corrected chi connectivity index (χ3v) is 2.06. The molecule has 0 atom stereocenters. The fourth-order valence-corrected chi connectivity index (χ4v) is 1.21. The number of hydrogen-bond acceptors (Lipinski definition) is 2. The van der Waals surface area contributed by atoms with Crippen LogP contribution >= 0.6 is 0 Å². The first-order chi connectivity index (χ1) is 7.15. The van der Waals surface area contributed by atoms with Gasteiger partial charge in [0.1, 0.15) is 0 Å². The standard InChI is InChI=1S/C11H16N2O2/c1-3-8-13(15)11(14)12-10-7-5-4-6-9(10)2/h4-7,15H,3,8H2,1-2H3,(H,12,14). The fourth-order valence-electron chi connectivity index (χ4n) is 1.21. The Balaban J connectivity index is 2.62. The first-order valence-electron chi connectivity index (χ1n) is 4.98. The third-order valence-electron chi connectivity index (χ3n) is 2.06. The van der Waals surface area contributed by atoms with Crippen LogP contribution in [0.5, 0.6) is 0 Å². The Kier molecular flexibility index (Phi) is 4.12. The van der Waals surface area contributed by atoms with Gasteiger partial charge in [-0.1, -0.05) is 25.1 Å². The first-order valence-corrected chi connectivity index (χ1v) is 4.98. The molecule has 0 radical (unpaired) electrons. The van der Waals surface area contributed by atoms with Crippen molar-refractivity contribution in [3.8, 4) is 0 Å². The van der Waals surface area contributed by atoms with Gasteiger partial charge >= 0.3 is 6.03 Å².